The molecule has 1 heterocycles. The Bertz CT molecular complexity index is 666. The van der Waals surface area contributed by atoms with Crippen LogP contribution in [-0.2, 0) is 17.6 Å². The van der Waals surface area contributed by atoms with E-state index in [1.54, 1.807) is 0 Å². The highest BCUT2D eigenvalue weighted by atomic mass is 79.9. The highest BCUT2D eigenvalue weighted by molar-refractivity contribution is 9.10. The summed E-state index contributed by atoms with van der Waals surface area (Å²) in [5.74, 6) is -0.00916. The lowest BCUT2D eigenvalue weighted by molar-refractivity contribution is -0.151. The zero-order valence-corrected chi connectivity index (χ0v) is 13.0. The van der Waals surface area contributed by atoms with Crippen molar-refractivity contribution in [3.8, 4) is 5.75 Å². The van der Waals surface area contributed by atoms with Crippen LogP contribution in [0.2, 0.25) is 0 Å². The zero-order valence-electron chi connectivity index (χ0n) is 11.4. The van der Waals surface area contributed by atoms with Gasteiger partial charge in [0.1, 0.15) is 17.8 Å². The Balaban J connectivity index is 1.91. The molecule has 0 radical (unpaired) electrons. The minimum absolute atomic E-state index is 0.204. The summed E-state index contributed by atoms with van der Waals surface area (Å²) in [5.41, 5.74) is 1.06. The second-order valence-corrected chi connectivity index (χ2v) is 6.38. The average molecular weight is 347 g/mol. The lowest BCUT2D eigenvalue weighted by Crippen LogP contribution is -2.43. The monoisotopic (exact) mass is 346 g/mol. The third kappa shape index (κ3) is 2.81. The van der Waals surface area contributed by atoms with Crippen molar-refractivity contribution in [2.45, 2.75) is 12.8 Å². The van der Waals surface area contributed by atoms with Crippen LogP contribution in [0.3, 0.4) is 0 Å². The van der Waals surface area contributed by atoms with Gasteiger partial charge < -0.3 is 9.84 Å². The van der Waals surface area contributed by atoms with Gasteiger partial charge in [-0.3, -0.25) is 4.79 Å². The Morgan fingerprint density at radius 3 is 2.62 bits per heavy atom. The molecule has 1 aliphatic heterocycles. The third-order valence-electron chi connectivity index (χ3n) is 3.91. The summed E-state index contributed by atoms with van der Waals surface area (Å²) in [4.78, 5) is 11.9. The van der Waals surface area contributed by atoms with E-state index in [4.69, 9.17) is 4.74 Å². The van der Waals surface area contributed by atoms with Gasteiger partial charge >= 0.3 is 5.97 Å². The summed E-state index contributed by atoms with van der Waals surface area (Å²) in [6, 6.07) is 15.4. The lowest BCUT2D eigenvalue weighted by atomic mass is 9.75. The molecule has 1 atom stereocenters. The number of carboxylic acid groups (broad SMARTS) is 1. The van der Waals surface area contributed by atoms with Crippen LogP contribution < -0.4 is 4.74 Å². The van der Waals surface area contributed by atoms with Gasteiger partial charge in [0.2, 0.25) is 0 Å². The van der Waals surface area contributed by atoms with Crippen LogP contribution >= 0.6 is 15.9 Å². The standard InChI is InChI=1S/C17H15BrO3/c18-14-7-5-12(6-8-14)9-17(16(19)20)10-13-3-1-2-4-15(13)21-11-17/h1-8H,9-11H2,(H,19,20). The number of carboxylic acids is 1. The molecule has 1 aliphatic rings. The molecule has 2 aromatic carbocycles. The van der Waals surface area contributed by atoms with E-state index in [1.807, 2.05) is 48.5 Å². The summed E-state index contributed by atoms with van der Waals surface area (Å²) in [7, 11) is 0. The summed E-state index contributed by atoms with van der Waals surface area (Å²) in [6.07, 6.45) is 0.957. The number of aliphatic carboxylic acids is 1. The number of hydrogen-bond acceptors (Lipinski definition) is 2. The minimum Gasteiger partial charge on any atom is -0.492 e. The molecular formula is C17H15BrO3. The molecule has 0 spiro atoms. The van der Waals surface area contributed by atoms with Crippen LogP contribution in [0.4, 0.5) is 0 Å². The van der Waals surface area contributed by atoms with E-state index in [0.717, 1.165) is 21.3 Å². The number of carbonyl (C=O) groups is 1. The fourth-order valence-corrected chi connectivity index (χ4v) is 3.01. The molecule has 1 N–H and O–H groups in total. The van der Waals surface area contributed by atoms with Crippen LogP contribution in [0.1, 0.15) is 11.1 Å². The van der Waals surface area contributed by atoms with Crippen LogP contribution in [0.5, 0.6) is 5.75 Å². The zero-order chi connectivity index (χ0) is 14.9. The van der Waals surface area contributed by atoms with E-state index in [-0.39, 0.29) is 6.61 Å². The van der Waals surface area contributed by atoms with Crippen LogP contribution in [0.25, 0.3) is 0 Å². The van der Waals surface area contributed by atoms with Gasteiger partial charge in [-0.25, -0.2) is 0 Å². The molecule has 0 amide bonds. The van der Waals surface area contributed by atoms with Crippen LogP contribution in [0.15, 0.2) is 53.0 Å². The van der Waals surface area contributed by atoms with Gasteiger partial charge in [0.05, 0.1) is 0 Å². The topological polar surface area (TPSA) is 46.5 Å². The Morgan fingerprint density at radius 1 is 1.19 bits per heavy atom. The van der Waals surface area contributed by atoms with Crippen molar-refractivity contribution < 1.29 is 14.6 Å². The molecule has 3 nitrogen and oxygen atoms in total. The first kappa shape index (κ1) is 14.1. The third-order valence-corrected chi connectivity index (χ3v) is 4.44. The maximum atomic E-state index is 11.9. The van der Waals surface area contributed by atoms with Gasteiger partial charge in [0.15, 0.2) is 0 Å². The van der Waals surface area contributed by atoms with Gasteiger partial charge in [-0.2, -0.15) is 0 Å². The Labute approximate surface area is 131 Å². The Kier molecular flexibility index (Phi) is 3.72. The van der Waals surface area contributed by atoms with E-state index in [0.29, 0.717) is 12.8 Å². The average Bonchev–Trinajstić information content (AvgIpc) is 2.49. The highest BCUT2D eigenvalue weighted by Gasteiger charge is 2.43. The van der Waals surface area contributed by atoms with Crippen LogP contribution in [-0.4, -0.2) is 17.7 Å². The second-order valence-electron chi connectivity index (χ2n) is 5.46. The molecule has 0 bridgehead atoms. The van der Waals surface area contributed by atoms with E-state index < -0.39 is 11.4 Å². The molecule has 3 rings (SSSR count). The lowest BCUT2D eigenvalue weighted by Gasteiger charge is -2.34. The fourth-order valence-electron chi connectivity index (χ4n) is 2.74. The Hall–Kier alpha value is -1.81. The maximum absolute atomic E-state index is 11.9. The van der Waals surface area contributed by atoms with Gasteiger partial charge in [-0.05, 0) is 42.2 Å². The van der Waals surface area contributed by atoms with Crippen molar-refractivity contribution in [2.75, 3.05) is 6.61 Å². The molecular weight excluding hydrogens is 332 g/mol. The predicted octanol–water partition coefficient (Wildman–Crippen LogP) is 3.70. The molecule has 0 aromatic heterocycles. The minimum atomic E-state index is -0.901. The van der Waals surface area contributed by atoms with Crippen LogP contribution in [0, 0.1) is 5.41 Å². The van der Waals surface area contributed by atoms with Crippen molar-refractivity contribution in [3.05, 3.63) is 64.1 Å². The summed E-state index contributed by atoms with van der Waals surface area (Å²) >= 11 is 3.39. The second kappa shape index (κ2) is 5.53. The van der Waals surface area contributed by atoms with E-state index in [1.165, 1.54) is 0 Å². The molecule has 108 valence electrons. The number of ether oxygens (including phenoxy) is 1. The Morgan fingerprint density at radius 2 is 1.90 bits per heavy atom. The number of halogens is 1. The number of hydrogen-bond donors (Lipinski definition) is 1. The van der Waals surface area contributed by atoms with Crippen molar-refractivity contribution in [2.24, 2.45) is 5.41 Å². The number of rotatable bonds is 3. The van der Waals surface area contributed by atoms with Crippen molar-refractivity contribution in [1.29, 1.82) is 0 Å². The molecule has 0 aliphatic carbocycles. The summed E-state index contributed by atoms with van der Waals surface area (Å²) < 4.78 is 6.69. The van der Waals surface area contributed by atoms with Gasteiger partial charge in [-0.1, -0.05) is 46.3 Å². The first-order valence-corrected chi connectivity index (χ1v) is 7.57. The first-order valence-electron chi connectivity index (χ1n) is 6.78. The number of benzene rings is 2. The number of fused-ring (bicyclic) bond motifs is 1. The molecule has 1 unspecified atom stereocenters. The fraction of sp³-hybridized carbons (Fsp3) is 0.235. The van der Waals surface area contributed by atoms with Gasteiger partial charge in [0, 0.05) is 4.47 Å². The molecule has 2 aromatic rings. The SMILES string of the molecule is O=C(O)C1(Cc2ccc(Br)cc2)COc2ccccc2C1. The highest BCUT2D eigenvalue weighted by Crippen LogP contribution is 2.37. The van der Waals surface area contributed by atoms with Gasteiger partial charge in [-0.15, -0.1) is 0 Å². The maximum Gasteiger partial charge on any atom is 0.313 e. The molecule has 0 saturated heterocycles. The summed E-state index contributed by atoms with van der Waals surface area (Å²) in [5, 5.41) is 9.74. The van der Waals surface area contributed by atoms with Crippen molar-refractivity contribution in [1.82, 2.24) is 0 Å². The molecule has 0 fully saturated rings. The quantitative estimate of drug-likeness (QED) is 0.921. The molecule has 0 saturated carbocycles. The van der Waals surface area contributed by atoms with Gasteiger partial charge in [0.25, 0.3) is 0 Å². The predicted molar refractivity (Wildman–Crippen MR) is 83.6 cm³/mol. The molecule has 4 heteroatoms. The van der Waals surface area contributed by atoms with Crippen molar-refractivity contribution >= 4 is 21.9 Å². The van der Waals surface area contributed by atoms with E-state index in [9.17, 15) is 9.90 Å². The largest absolute Gasteiger partial charge is 0.492 e. The first-order chi connectivity index (χ1) is 10.1. The van der Waals surface area contributed by atoms with E-state index in [2.05, 4.69) is 15.9 Å². The smallest absolute Gasteiger partial charge is 0.313 e. The summed E-state index contributed by atoms with van der Waals surface area (Å²) in [6.45, 7) is 0.204. The van der Waals surface area contributed by atoms with Crippen molar-refractivity contribution in [3.63, 3.8) is 0 Å². The van der Waals surface area contributed by atoms with E-state index >= 15 is 0 Å². The molecule has 21 heavy (non-hydrogen) atoms. The number of para-hydroxylation sites is 1. The normalized spacial score (nSPS) is 20.4.